The molecule has 5 N–H and O–H groups in total. The molecule has 22 heavy (non-hydrogen) atoms. The molecule has 0 spiro atoms. The fraction of sp³-hybridized carbons (Fsp3) is 0.533. The number of hydrogen-bond acceptors (Lipinski definition) is 4. The van der Waals surface area contributed by atoms with E-state index in [2.05, 4.69) is 0 Å². The number of nitrogens with two attached hydrogens (primary N) is 1. The van der Waals surface area contributed by atoms with Crippen LogP contribution in [-0.4, -0.2) is 28.2 Å². The molecule has 7 heteroatoms. The van der Waals surface area contributed by atoms with E-state index in [1.54, 1.807) is 13.0 Å². The minimum Gasteiger partial charge on any atom is -0.481 e. The number of carboxylic acids is 1. The average molecular weight is 309 g/mol. The van der Waals surface area contributed by atoms with E-state index < -0.39 is 24.3 Å². The summed E-state index contributed by atoms with van der Waals surface area (Å²) < 4.78 is 13.9. The molecule has 0 saturated heterocycles. The fourth-order valence-electron chi connectivity index (χ4n) is 3.38. The van der Waals surface area contributed by atoms with Crippen LogP contribution in [0.1, 0.15) is 36.5 Å². The highest BCUT2D eigenvalue weighted by molar-refractivity contribution is 6.40. The maximum Gasteiger partial charge on any atom is 0.451 e. The Morgan fingerprint density at radius 2 is 2.18 bits per heavy atom. The molecule has 1 aliphatic carbocycles. The Labute approximate surface area is 129 Å². The van der Waals surface area contributed by atoms with Crippen LogP contribution in [0.2, 0.25) is 6.32 Å². The number of fused-ring (bicyclic) bond motifs is 1. The molecule has 2 rings (SSSR count). The zero-order valence-corrected chi connectivity index (χ0v) is 12.6. The normalized spacial score (nSPS) is 23.4. The van der Waals surface area contributed by atoms with Gasteiger partial charge in [-0.25, -0.2) is 4.39 Å². The molecular weight excluding hydrogens is 288 g/mol. The summed E-state index contributed by atoms with van der Waals surface area (Å²) in [6.45, 7) is 1.68. The van der Waals surface area contributed by atoms with Crippen molar-refractivity contribution >= 4 is 13.1 Å². The van der Waals surface area contributed by atoms with Crippen molar-refractivity contribution in [1.82, 2.24) is 0 Å². The quantitative estimate of drug-likeness (QED) is 0.588. The molecule has 0 saturated carbocycles. The van der Waals surface area contributed by atoms with Crippen LogP contribution >= 0.6 is 0 Å². The SMILES string of the molecule is C[C@@]1(C(=O)O)c2cc(CN)c(F)cc2C[C@@H]1CCCB(O)O. The first kappa shape index (κ1) is 16.9. The van der Waals surface area contributed by atoms with Crippen molar-refractivity contribution in [3.8, 4) is 0 Å². The first-order valence-corrected chi connectivity index (χ1v) is 7.42. The summed E-state index contributed by atoms with van der Waals surface area (Å²) in [5, 5.41) is 27.5. The molecule has 0 amide bonds. The van der Waals surface area contributed by atoms with Gasteiger partial charge in [-0.15, -0.1) is 0 Å². The number of carbonyl (C=O) groups is 1. The van der Waals surface area contributed by atoms with Gasteiger partial charge >= 0.3 is 13.1 Å². The number of carboxylic acid groups (broad SMARTS) is 1. The summed E-state index contributed by atoms with van der Waals surface area (Å²) >= 11 is 0. The maximum absolute atomic E-state index is 13.9. The van der Waals surface area contributed by atoms with Gasteiger partial charge in [0.1, 0.15) is 5.82 Å². The summed E-state index contributed by atoms with van der Waals surface area (Å²) in [6, 6.07) is 2.96. The number of rotatable bonds is 6. The Bertz CT molecular complexity index is 581. The van der Waals surface area contributed by atoms with Gasteiger partial charge < -0.3 is 20.9 Å². The van der Waals surface area contributed by atoms with Gasteiger partial charge in [-0.05, 0) is 49.2 Å². The second kappa shape index (κ2) is 6.36. The van der Waals surface area contributed by atoms with E-state index in [0.717, 1.165) is 0 Å². The summed E-state index contributed by atoms with van der Waals surface area (Å²) in [6.07, 6.45) is 1.71. The Balaban J connectivity index is 2.34. The van der Waals surface area contributed by atoms with Crippen molar-refractivity contribution in [2.45, 2.75) is 44.5 Å². The third-order valence-corrected chi connectivity index (χ3v) is 4.79. The van der Waals surface area contributed by atoms with E-state index >= 15 is 0 Å². The minimum absolute atomic E-state index is 0.0240. The van der Waals surface area contributed by atoms with E-state index in [1.165, 1.54) is 6.07 Å². The Kier molecular flexibility index (Phi) is 4.89. The molecule has 0 bridgehead atoms. The van der Waals surface area contributed by atoms with Crippen LogP contribution < -0.4 is 5.73 Å². The molecular formula is C15H21BFNO4. The molecule has 1 aromatic rings. The van der Waals surface area contributed by atoms with Crippen molar-refractivity contribution in [2.75, 3.05) is 0 Å². The van der Waals surface area contributed by atoms with Crippen molar-refractivity contribution in [3.05, 3.63) is 34.6 Å². The smallest absolute Gasteiger partial charge is 0.451 e. The molecule has 0 radical (unpaired) electrons. The van der Waals surface area contributed by atoms with Gasteiger partial charge in [0.05, 0.1) is 5.41 Å². The second-order valence-corrected chi connectivity index (χ2v) is 6.12. The van der Waals surface area contributed by atoms with Crippen molar-refractivity contribution in [1.29, 1.82) is 0 Å². The number of hydrogen-bond donors (Lipinski definition) is 4. The van der Waals surface area contributed by atoms with Crippen molar-refractivity contribution in [2.24, 2.45) is 11.7 Å². The highest BCUT2D eigenvalue weighted by Gasteiger charge is 2.49. The standard InChI is InChI=1S/C15H21BFNO4/c1-15(14(19)20)11(3-2-4-16(21)22)5-9-7-13(17)10(8-18)6-12(9)15/h6-7,11,21-22H,2-5,8,18H2,1H3,(H,19,20)/t11-,15-/m0/s1. The van der Waals surface area contributed by atoms with Gasteiger partial charge in [-0.1, -0.05) is 12.5 Å². The van der Waals surface area contributed by atoms with Crippen molar-refractivity contribution < 1.29 is 24.3 Å². The molecule has 120 valence electrons. The van der Waals surface area contributed by atoms with Gasteiger partial charge in [0.15, 0.2) is 0 Å². The molecule has 0 aliphatic heterocycles. The van der Waals surface area contributed by atoms with E-state index in [1.807, 2.05) is 0 Å². The third kappa shape index (κ3) is 2.88. The van der Waals surface area contributed by atoms with E-state index in [9.17, 15) is 14.3 Å². The van der Waals surface area contributed by atoms with Crippen LogP contribution in [0.5, 0.6) is 0 Å². The Morgan fingerprint density at radius 1 is 1.50 bits per heavy atom. The van der Waals surface area contributed by atoms with Gasteiger partial charge in [-0.3, -0.25) is 4.79 Å². The lowest BCUT2D eigenvalue weighted by atomic mass is 9.72. The first-order valence-electron chi connectivity index (χ1n) is 7.42. The van der Waals surface area contributed by atoms with Crippen LogP contribution in [-0.2, 0) is 23.2 Å². The maximum atomic E-state index is 13.9. The molecule has 0 unspecified atom stereocenters. The van der Waals surface area contributed by atoms with Crippen LogP contribution in [0.4, 0.5) is 4.39 Å². The van der Waals surface area contributed by atoms with Gasteiger partial charge in [0.25, 0.3) is 0 Å². The Hall–Kier alpha value is -1.44. The molecule has 0 aromatic heterocycles. The lowest BCUT2D eigenvalue weighted by molar-refractivity contribution is -0.145. The summed E-state index contributed by atoms with van der Waals surface area (Å²) in [7, 11) is -1.39. The van der Waals surface area contributed by atoms with E-state index in [-0.39, 0.29) is 18.8 Å². The van der Waals surface area contributed by atoms with Gasteiger partial charge in [-0.2, -0.15) is 0 Å². The molecule has 0 heterocycles. The van der Waals surface area contributed by atoms with Gasteiger partial charge in [0, 0.05) is 12.1 Å². The lowest BCUT2D eigenvalue weighted by Gasteiger charge is -2.28. The second-order valence-electron chi connectivity index (χ2n) is 6.12. The topological polar surface area (TPSA) is 104 Å². The number of benzene rings is 1. The highest BCUT2D eigenvalue weighted by atomic mass is 19.1. The van der Waals surface area contributed by atoms with Crippen molar-refractivity contribution in [3.63, 3.8) is 0 Å². The Morgan fingerprint density at radius 3 is 2.73 bits per heavy atom. The first-order chi connectivity index (χ1) is 10.3. The lowest BCUT2D eigenvalue weighted by Crippen LogP contribution is -2.37. The predicted molar refractivity (Wildman–Crippen MR) is 80.7 cm³/mol. The molecule has 1 aliphatic rings. The minimum atomic E-state index is -1.39. The fourth-order valence-corrected chi connectivity index (χ4v) is 3.38. The summed E-state index contributed by atoms with van der Waals surface area (Å²) in [4.78, 5) is 11.9. The number of aliphatic carboxylic acids is 1. The van der Waals surface area contributed by atoms with Crippen LogP contribution in [0.15, 0.2) is 12.1 Å². The highest BCUT2D eigenvalue weighted by Crippen LogP contribution is 2.46. The number of halogens is 1. The largest absolute Gasteiger partial charge is 0.481 e. The van der Waals surface area contributed by atoms with Crippen LogP contribution in [0, 0.1) is 11.7 Å². The summed E-state index contributed by atoms with van der Waals surface area (Å²) in [5.74, 6) is -1.55. The predicted octanol–water partition coefficient (Wildman–Crippen LogP) is 1.05. The van der Waals surface area contributed by atoms with E-state index in [0.29, 0.717) is 36.0 Å². The zero-order chi connectivity index (χ0) is 16.5. The monoisotopic (exact) mass is 309 g/mol. The molecule has 2 atom stereocenters. The molecule has 5 nitrogen and oxygen atoms in total. The average Bonchev–Trinajstić information content (AvgIpc) is 2.71. The van der Waals surface area contributed by atoms with E-state index in [4.69, 9.17) is 15.8 Å². The molecule has 1 aromatic carbocycles. The van der Waals surface area contributed by atoms with Crippen LogP contribution in [0.3, 0.4) is 0 Å². The molecule has 0 fully saturated rings. The summed E-state index contributed by atoms with van der Waals surface area (Å²) in [5.41, 5.74) is 6.05. The zero-order valence-electron chi connectivity index (χ0n) is 12.6. The third-order valence-electron chi connectivity index (χ3n) is 4.79. The van der Waals surface area contributed by atoms with Gasteiger partial charge in [0.2, 0.25) is 0 Å². The van der Waals surface area contributed by atoms with Crippen LogP contribution in [0.25, 0.3) is 0 Å².